The van der Waals surface area contributed by atoms with E-state index in [1.54, 1.807) is 24.5 Å². The zero-order valence-corrected chi connectivity index (χ0v) is 22.7. The number of nitrogens with zero attached hydrogens (tertiary/aromatic N) is 5. The Morgan fingerprint density at radius 1 is 1.05 bits per heavy atom. The van der Waals surface area contributed by atoms with Crippen molar-refractivity contribution in [3.63, 3.8) is 0 Å². The van der Waals surface area contributed by atoms with E-state index in [0.717, 1.165) is 30.0 Å². The van der Waals surface area contributed by atoms with Crippen molar-refractivity contribution in [2.75, 3.05) is 23.3 Å². The fourth-order valence-electron chi connectivity index (χ4n) is 5.30. The predicted molar refractivity (Wildman–Crippen MR) is 154 cm³/mol. The molecule has 0 bridgehead atoms. The van der Waals surface area contributed by atoms with E-state index in [9.17, 15) is 5.11 Å². The van der Waals surface area contributed by atoms with Crippen LogP contribution in [-0.4, -0.2) is 49.6 Å². The second kappa shape index (κ2) is 10.3. The molecule has 1 unspecified atom stereocenters. The van der Waals surface area contributed by atoms with Gasteiger partial charge in [0.2, 0.25) is 0 Å². The van der Waals surface area contributed by atoms with Gasteiger partial charge in [-0.25, -0.2) is 4.98 Å². The van der Waals surface area contributed by atoms with Crippen molar-refractivity contribution in [3.05, 3.63) is 83.5 Å². The smallest absolute Gasteiger partial charge is 0.180 e. The highest BCUT2D eigenvalue weighted by atomic mass is 35.5. The van der Waals surface area contributed by atoms with Crippen molar-refractivity contribution < 1.29 is 9.84 Å². The Bertz CT molecular complexity index is 1650. The van der Waals surface area contributed by atoms with Crippen molar-refractivity contribution in [2.45, 2.75) is 39.1 Å². The Kier molecular flexibility index (Phi) is 6.72. The molecule has 1 aliphatic rings. The van der Waals surface area contributed by atoms with Gasteiger partial charge in [-0.15, -0.1) is 0 Å². The first-order valence-electron chi connectivity index (χ1n) is 13.0. The third-order valence-corrected chi connectivity index (χ3v) is 7.03. The van der Waals surface area contributed by atoms with Crippen LogP contribution in [0.25, 0.3) is 16.7 Å². The number of halogens is 1. The molecule has 1 aliphatic heterocycles. The van der Waals surface area contributed by atoms with Crippen molar-refractivity contribution >= 4 is 39.7 Å². The number of fused-ring (bicyclic) bond motifs is 2. The third kappa shape index (κ3) is 5.21. The van der Waals surface area contributed by atoms with Gasteiger partial charge in [-0.2, -0.15) is 0 Å². The SMILES string of the molecule is Cc1cn2cc(NC(O)c3ccc(N4C[C@@H](C)N[C@@H](C)C4)c4nccnc34)cc(Oc3cccc(Cl)c3)c2n1. The number of anilines is 2. The van der Waals surface area contributed by atoms with E-state index in [1.807, 2.05) is 54.0 Å². The summed E-state index contributed by atoms with van der Waals surface area (Å²) in [6.07, 6.45) is 6.08. The molecule has 39 heavy (non-hydrogen) atoms. The topological polar surface area (TPSA) is 99.8 Å². The van der Waals surface area contributed by atoms with Gasteiger partial charge in [-0.05, 0) is 45.0 Å². The summed E-state index contributed by atoms with van der Waals surface area (Å²) in [5, 5.41) is 18.7. The maximum atomic E-state index is 11.4. The van der Waals surface area contributed by atoms with Crippen molar-refractivity contribution in [1.29, 1.82) is 0 Å². The molecule has 0 radical (unpaired) electrons. The van der Waals surface area contributed by atoms with Gasteiger partial charge in [0.15, 0.2) is 17.6 Å². The van der Waals surface area contributed by atoms with Crippen LogP contribution in [0, 0.1) is 6.92 Å². The maximum Gasteiger partial charge on any atom is 0.180 e. The number of hydrogen-bond donors (Lipinski definition) is 3. The van der Waals surface area contributed by atoms with E-state index in [-0.39, 0.29) is 0 Å². The number of ether oxygens (including phenoxy) is 1. The number of aromatic nitrogens is 4. The quantitative estimate of drug-likeness (QED) is 0.247. The summed E-state index contributed by atoms with van der Waals surface area (Å²) in [4.78, 5) is 16.2. The fraction of sp³-hybridized carbons (Fsp3) is 0.276. The van der Waals surface area contributed by atoms with E-state index in [0.29, 0.717) is 51.0 Å². The molecular weight excluding hydrogens is 514 g/mol. The number of rotatable bonds is 6. The number of pyridine rings is 1. The van der Waals surface area contributed by atoms with E-state index in [2.05, 4.69) is 44.3 Å². The Balaban J connectivity index is 1.34. The summed E-state index contributed by atoms with van der Waals surface area (Å²) in [5.41, 5.74) is 5.23. The molecule has 200 valence electrons. The van der Waals surface area contributed by atoms with Crippen LogP contribution in [0.5, 0.6) is 11.5 Å². The molecule has 0 aliphatic carbocycles. The zero-order chi connectivity index (χ0) is 27.1. The molecule has 2 aromatic carbocycles. The van der Waals surface area contributed by atoms with Crippen LogP contribution in [0.1, 0.15) is 31.3 Å². The van der Waals surface area contributed by atoms with Crippen LogP contribution in [0.3, 0.4) is 0 Å². The summed E-state index contributed by atoms with van der Waals surface area (Å²) in [6.45, 7) is 8.03. The van der Waals surface area contributed by atoms with Gasteiger partial charge < -0.3 is 29.8 Å². The second-order valence-electron chi connectivity index (χ2n) is 10.1. The monoisotopic (exact) mass is 543 g/mol. The maximum absolute atomic E-state index is 11.4. The van der Waals surface area contributed by atoms with Gasteiger partial charge in [0.1, 0.15) is 11.3 Å². The van der Waals surface area contributed by atoms with Crippen LogP contribution < -0.4 is 20.3 Å². The highest BCUT2D eigenvalue weighted by Gasteiger charge is 2.25. The minimum atomic E-state index is -1.04. The second-order valence-corrected chi connectivity index (χ2v) is 10.6. The lowest BCUT2D eigenvalue weighted by molar-refractivity contribution is 0.209. The van der Waals surface area contributed by atoms with Crippen LogP contribution >= 0.6 is 11.6 Å². The normalized spacial score (nSPS) is 18.4. The minimum absolute atomic E-state index is 0.359. The Hall–Kier alpha value is -3.92. The molecule has 0 spiro atoms. The molecule has 6 rings (SSSR count). The summed E-state index contributed by atoms with van der Waals surface area (Å²) >= 11 is 6.16. The molecular formula is C29H30ClN7O2. The largest absolute Gasteiger partial charge is 0.453 e. The predicted octanol–water partition coefficient (Wildman–Crippen LogP) is 5.32. The minimum Gasteiger partial charge on any atom is -0.453 e. The average Bonchev–Trinajstić information content (AvgIpc) is 3.28. The number of hydrogen-bond acceptors (Lipinski definition) is 8. The first-order chi connectivity index (χ1) is 18.8. The number of piperazine rings is 1. The van der Waals surface area contributed by atoms with Crippen LogP contribution in [-0.2, 0) is 0 Å². The Morgan fingerprint density at radius 2 is 1.82 bits per heavy atom. The van der Waals surface area contributed by atoms with Crippen LogP contribution in [0.2, 0.25) is 5.02 Å². The lowest BCUT2D eigenvalue weighted by Gasteiger charge is -2.38. The number of benzene rings is 2. The van der Waals surface area contributed by atoms with Gasteiger partial charge in [-0.3, -0.25) is 9.97 Å². The van der Waals surface area contributed by atoms with Crippen LogP contribution in [0.4, 0.5) is 11.4 Å². The van der Waals surface area contributed by atoms with Gasteiger partial charge in [0, 0.05) is 66.6 Å². The number of nitrogens with one attached hydrogen (secondary N) is 2. The highest BCUT2D eigenvalue weighted by Crippen LogP contribution is 2.34. The summed E-state index contributed by atoms with van der Waals surface area (Å²) in [6, 6.07) is 13.7. The molecule has 0 amide bonds. The van der Waals surface area contributed by atoms with Crippen LogP contribution in [0.15, 0.2) is 67.3 Å². The molecule has 4 heterocycles. The van der Waals surface area contributed by atoms with E-state index in [4.69, 9.17) is 16.3 Å². The molecule has 3 aromatic heterocycles. The van der Waals surface area contributed by atoms with Crippen molar-refractivity contribution in [3.8, 4) is 11.5 Å². The lowest BCUT2D eigenvalue weighted by Crippen LogP contribution is -2.54. The first kappa shape index (κ1) is 25.4. The Labute approximate surface area is 231 Å². The van der Waals surface area contributed by atoms with Gasteiger partial charge >= 0.3 is 0 Å². The fourth-order valence-corrected chi connectivity index (χ4v) is 5.48. The molecule has 10 heteroatoms. The number of aliphatic hydroxyl groups is 1. The summed E-state index contributed by atoms with van der Waals surface area (Å²) < 4.78 is 8.03. The van der Waals surface area contributed by atoms with E-state index < -0.39 is 6.23 Å². The molecule has 5 aromatic rings. The van der Waals surface area contributed by atoms with E-state index >= 15 is 0 Å². The third-order valence-electron chi connectivity index (χ3n) is 6.79. The molecule has 1 saturated heterocycles. The van der Waals surface area contributed by atoms with Gasteiger partial charge in [0.25, 0.3) is 0 Å². The number of imidazole rings is 1. The number of aryl methyl sites for hydroxylation is 1. The van der Waals surface area contributed by atoms with Gasteiger partial charge in [-0.1, -0.05) is 23.7 Å². The first-order valence-corrected chi connectivity index (χ1v) is 13.3. The average molecular weight is 544 g/mol. The molecule has 3 N–H and O–H groups in total. The standard InChI is InChI=1S/C29H30ClN7O2/c1-17-13-36(14-18(2)33-17)24-8-7-23(26-27(24)32-10-9-31-26)29(38)35-21-12-25(28-34-19(3)15-37(28)16-21)39-22-6-4-5-20(30)11-22/h4-12,15-18,29,33,35,38H,13-14H2,1-3H3/t17-,18+,29?. The summed E-state index contributed by atoms with van der Waals surface area (Å²) in [7, 11) is 0. The molecule has 3 atom stereocenters. The molecule has 0 saturated carbocycles. The van der Waals surface area contributed by atoms with E-state index in [1.165, 1.54) is 0 Å². The molecule has 1 fully saturated rings. The highest BCUT2D eigenvalue weighted by molar-refractivity contribution is 6.30. The van der Waals surface area contributed by atoms with Crippen molar-refractivity contribution in [1.82, 2.24) is 24.7 Å². The lowest BCUT2D eigenvalue weighted by atomic mass is 10.1. The van der Waals surface area contributed by atoms with Crippen molar-refractivity contribution in [2.24, 2.45) is 0 Å². The summed E-state index contributed by atoms with van der Waals surface area (Å²) in [5.74, 6) is 1.13. The number of aliphatic hydroxyl groups excluding tert-OH is 1. The Morgan fingerprint density at radius 3 is 2.59 bits per heavy atom. The zero-order valence-electron chi connectivity index (χ0n) is 22.0. The van der Waals surface area contributed by atoms with Gasteiger partial charge in [0.05, 0.1) is 22.6 Å². The molecule has 9 nitrogen and oxygen atoms in total.